The minimum Gasteiger partial charge on any atom is -0.361 e. The molecule has 4 aromatic rings. The number of hydrogen-bond donors (Lipinski definition) is 2. The zero-order chi connectivity index (χ0) is 17.2. The van der Waals surface area contributed by atoms with Crippen LogP contribution in [0.2, 0.25) is 0 Å². The third kappa shape index (κ3) is 2.78. The van der Waals surface area contributed by atoms with Crippen molar-refractivity contribution >= 4 is 22.5 Å². The molecule has 5 nitrogen and oxygen atoms in total. The number of rotatable bonds is 5. The van der Waals surface area contributed by atoms with E-state index in [1.54, 1.807) is 0 Å². The van der Waals surface area contributed by atoms with E-state index in [1.165, 1.54) is 10.9 Å². The summed E-state index contributed by atoms with van der Waals surface area (Å²) < 4.78 is 1.86. The molecule has 0 bridgehead atoms. The van der Waals surface area contributed by atoms with Crippen molar-refractivity contribution in [2.75, 3.05) is 6.54 Å². The molecule has 4 rings (SSSR count). The molecule has 1 amide bonds. The molecule has 0 radical (unpaired) electrons. The topological polar surface area (TPSA) is 62.2 Å². The Morgan fingerprint density at radius 1 is 1.20 bits per heavy atom. The molecule has 0 spiro atoms. The van der Waals surface area contributed by atoms with Crippen LogP contribution in [0.3, 0.4) is 0 Å². The molecule has 25 heavy (non-hydrogen) atoms. The zero-order valence-electron chi connectivity index (χ0n) is 14.1. The SMILES string of the molecule is CCc1nc2ccccn2c1C(=O)NCCc1c[nH]c2ccccc12. The lowest BCUT2D eigenvalue weighted by Gasteiger charge is -2.06. The molecule has 3 heterocycles. The number of hydrogen-bond acceptors (Lipinski definition) is 2. The first-order chi connectivity index (χ1) is 12.3. The highest BCUT2D eigenvalue weighted by molar-refractivity contribution is 5.94. The highest BCUT2D eigenvalue weighted by atomic mass is 16.1. The van der Waals surface area contributed by atoms with Gasteiger partial charge in [0.15, 0.2) is 0 Å². The van der Waals surface area contributed by atoms with Crippen LogP contribution in [-0.4, -0.2) is 26.8 Å². The summed E-state index contributed by atoms with van der Waals surface area (Å²) in [4.78, 5) is 20.5. The maximum absolute atomic E-state index is 12.7. The Balaban J connectivity index is 1.51. The van der Waals surface area contributed by atoms with Crippen molar-refractivity contribution in [3.63, 3.8) is 0 Å². The van der Waals surface area contributed by atoms with E-state index >= 15 is 0 Å². The van der Waals surface area contributed by atoms with Crippen LogP contribution in [0.15, 0.2) is 54.9 Å². The second kappa shape index (κ2) is 6.43. The van der Waals surface area contributed by atoms with E-state index in [2.05, 4.69) is 27.4 Å². The third-order valence-corrected chi connectivity index (χ3v) is 4.51. The number of benzene rings is 1. The van der Waals surface area contributed by atoms with Crippen LogP contribution >= 0.6 is 0 Å². The van der Waals surface area contributed by atoms with E-state index in [9.17, 15) is 4.79 Å². The Morgan fingerprint density at radius 3 is 2.92 bits per heavy atom. The molecule has 0 saturated carbocycles. The number of para-hydroxylation sites is 1. The number of pyridine rings is 1. The maximum atomic E-state index is 12.7. The van der Waals surface area contributed by atoms with Crippen LogP contribution in [0.25, 0.3) is 16.6 Å². The highest BCUT2D eigenvalue weighted by Gasteiger charge is 2.17. The summed E-state index contributed by atoms with van der Waals surface area (Å²) in [7, 11) is 0. The summed E-state index contributed by atoms with van der Waals surface area (Å²) in [6.45, 7) is 2.61. The van der Waals surface area contributed by atoms with Crippen LogP contribution in [0.5, 0.6) is 0 Å². The fraction of sp³-hybridized carbons (Fsp3) is 0.200. The molecule has 5 heteroatoms. The molecule has 0 atom stereocenters. The molecule has 2 N–H and O–H groups in total. The smallest absolute Gasteiger partial charge is 0.270 e. The van der Waals surface area contributed by atoms with Crippen molar-refractivity contribution in [3.8, 4) is 0 Å². The lowest BCUT2D eigenvalue weighted by atomic mass is 10.1. The number of carbonyl (C=O) groups is 1. The summed E-state index contributed by atoms with van der Waals surface area (Å²) in [5.74, 6) is -0.0737. The van der Waals surface area contributed by atoms with Gasteiger partial charge in [0.2, 0.25) is 0 Å². The largest absolute Gasteiger partial charge is 0.361 e. The Bertz CT molecular complexity index is 1040. The van der Waals surface area contributed by atoms with E-state index in [0.717, 1.165) is 29.7 Å². The molecule has 0 aliphatic heterocycles. The van der Waals surface area contributed by atoms with Gasteiger partial charge in [0.1, 0.15) is 11.3 Å². The Kier molecular flexibility index (Phi) is 3.98. The van der Waals surface area contributed by atoms with E-state index < -0.39 is 0 Å². The summed E-state index contributed by atoms with van der Waals surface area (Å²) >= 11 is 0. The average Bonchev–Trinajstić information content (AvgIpc) is 3.23. The van der Waals surface area contributed by atoms with Gasteiger partial charge in [0.25, 0.3) is 5.91 Å². The van der Waals surface area contributed by atoms with Gasteiger partial charge in [-0.2, -0.15) is 0 Å². The second-order valence-electron chi connectivity index (χ2n) is 6.05. The Labute approximate surface area is 145 Å². The Morgan fingerprint density at radius 2 is 2.04 bits per heavy atom. The fourth-order valence-corrected chi connectivity index (χ4v) is 3.26. The van der Waals surface area contributed by atoms with Gasteiger partial charge in [-0.15, -0.1) is 0 Å². The molecule has 126 valence electrons. The molecule has 0 aliphatic rings. The minimum atomic E-state index is -0.0737. The van der Waals surface area contributed by atoms with Gasteiger partial charge >= 0.3 is 0 Å². The van der Waals surface area contributed by atoms with Crippen LogP contribution < -0.4 is 5.32 Å². The summed E-state index contributed by atoms with van der Waals surface area (Å²) in [6.07, 6.45) is 5.42. The number of aromatic nitrogens is 3. The first kappa shape index (κ1) is 15.4. The van der Waals surface area contributed by atoms with Gasteiger partial charge in [-0.25, -0.2) is 4.98 Å². The van der Waals surface area contributed by atoms with E-state index in [0.29, 0.717) is 12.2 Å². The van der Waals surface area contributed by atoms with E-state index in [4.69, 9.17) is 0 Å². The minimum absolute atomic E-state index is 0.0737. The summed E-state index contributed by atoms with van der Waals surface area (Å²) in [5.41, 5.74) is 4.61. The van der Waals surface area contributed by atoms with Crippen molar-refractivity contribution in [3.05, 3.63) is 71.8 Å². The Hall–Kier alpha value is -3.08. The average molecular weight is 332 g/mol. The first-order valence-corrected chi connectivity index (χ1v) is 8.57. The number of carbonyl (C=O) groups excluding carboxylic acids is 1. The van der Waals surface area contributed by atoms with Gasteiger partial charge in [0, 0.05) is 29.8 Å². The predicted molar refractivity (Wildman–Crippen MR) is 98.9 cm³/mol. The molecule has 3 aromatic heterocycles. The van der Waals surface area contributed by atoms with Crippen molar-refractivity contribution in [2.45, 2.75) is 19.8 Å². The number of aromatic amines is 1. The molecule has 0 unspecified atom stereocenters. The van der Waals surface area contributed by atoms with E-state index in [-0.39, 0.29) is 5.91 Å². The molecule has 1 aromatic carbocycles. The number of amides is 1. The van der Waals surface area contributed by atoms with Gasteiger partial charge in [-0.05, 0) is 36.6 Å². The van der Waals surface area contributed by atoms with Crippen molar-refractivity contribution < 1.29 is 4.79 Å². The number of aryl methyl sites for hydroxylation is 1. The van der Waals surface area contributed by atoms with Gasteiger partial charge < -0.3 is 10.3 Å². The molecule has 0 fully saturated rings. The maximum Gasteiger partial charge on any atom is 0.270 e. The molecular formula is C20H20N4O. The number of nitrogens with one attached hydrogen (secondary N) is 2. The number of fused-ring (bicyclic) bond motifs is 2. The summed E-state index contributed by atoms with van der Waals surface area (Å²) in [5, 5.41) is 4.25. The monoisotopic (exact) mass is 332 g/mol. The zero-order valence-corrected chi connectivity index (χ0v) is 14.1. The standard InChI is InChI=1S/C20H20N4O/c1-2-16-19(24-12-6-5-9-18(24)23-16)20(25)21-11-10-14-13-22-17-8-4-3-7-15(14)17/h3-9,12-13,22H,2,10-11H2,1H3,(H,21,25). The quantitative estimate of drug-likeness (QED) is 0.589. The van der Waals surface area contributed by atoms with Crippen molar-refractivity contribution in [1.29, 1.82) is 0 Å². The highest BCUT2D eigenvalue weighted by Crippen LogP contribution is 2.18. The van der Waals surface area contributed by atoms with Gasteiger partial charge in [-0.1, -0.05) is 31.2 Å². The van der Waals surface area contributed by atoms with Gasteiger partial charge in [0.05, 0.1) is 5.69 Å². The molecule has 0 saturated heterocycles. The van der Waals surface area contributed by atoms with Crippen LogP contribution in [0, 0.1) is 0 Å². The number of H-pyrrole nitrogens is 1. The lowest BCUT2D eigenvalue weighted by Crippen LogP contribution is -2.27. The fourth-order valence-electron chi connectivity index (χ4n) is 3.26. The normalized spacial score (nSPS) is 11.2. The predicted octanol–water partition coefficient (Wildman–Crippen LogP) is 3.35. The van der Waals surface area contributed by atoms with Crippen LogP contribution in [0.1, 0.15) is 28.7 Å². The van der Waals surface area contributed by atoms with Gasteiger partial charge in [-0.3, -0.25) is 9.20 Å². The number of nitrogens with zero attached hydrogens (tertiary/aromatic N) is 2. The summed E-state index contributed by atoms with van der Waals surface area (Å²) in [6, 6.07) is 14.0. The van der Waals surface area contributed by atoms with Crippen molar-refractivity contribution in [1.82, 2.24) is 19.7 Å². The van der Waals surface area contributed by atoms with E-state index in [1.807, 2.05) is 54.0 Å². The molecular weight excluding hydrogens is 312 g/mol. The number of imidazole rings is 1. The van der Waals surface area contributed by atoms with Crippen LogP contribution in [0.4, 0.5) is 0 Å². The van der Waals surface area contributed by atoms with Crippen molar-refractivity contribution in [2.24, 2.45) is 0 Å². The lowest BCUT2D eigenvalue weighted by molar-refractivity contribution is 0.0947. The second-order valence-corrected chi connectivity index (χ2v) is 6.05. The first-order valence-electron chi connectivity index (χ1n) is 8.57. The van der Waals surface area contributed by atoms with Crippen LogP contribution in [-0.2, 0) is 12.8 Å². The molecule has 0 aliphatic carbocycles. The third-order valence-electron chi connectivity index (χ3n) is 4.51.